The molecule has 0 bridgehead atoms. The summed E-state index contributed by atoms with van der Waals surface area (Å²) < 4.78 is 3.29. The summed E-state index contributed by atoms with van der Waals surface area (Å²) >= 11 is 0. The van der Waals surface area contributed by atoms with Crippen LogP contribution in [0.15, 0.2) is 12.3 Å². The first-order valence-corrected chi connectivity index (χ1v) is 6.02. The molecule has 8 heteroatoms. The van der Waals surface area contributed by atoms with Gasteiger partial charge in [0.2, 0.25) is 5.82 Å². The molecule has 0 aliphatic heterocycles. The van der Waals surface area contributed by atoms with E-state index in [0.29, 0.717) is 12.2 Å². The van der Waals surface area contributed by atoms with Crippen molar-refractivity contribution in [2.45, 2.75) is 33.4 Å². The Morgan fingerprint density at radius 1 is 1.47 bits per heavy atom. The van der Waals surface area contributed by atoms with Gasteiger partial charge in [-0.2, -0.15) is 10.2 Å². The monoisotopic (exact) mass is 264 g/mol. The zero-order valence-electron chi connectivity index (χ0n) is 10.9. The molecular weight excluding hydrogens is 248 g/mol. The fourth-order valence-corrected chi connectivity index (χ4v) is 2.00. The van der Waals surface area contributed by atoms with Gasteiger partial charge in [-0.25, -0.2) is 4.68 Å². The molecule has 0 saturated carbocycles. The summed E-state index contributed by atoms with van der Waals surface area (Å²) in [6.07, 6.45) is 2.66. The number of aryl methyl sites for hydroxylation is 2. The van der Waals surface area contributed by atoms with Crippen LogP contribution >= 0.6 is 0 Å². The van der Waals surface area contributed by atoms with Crippen LogP contribution in [0.2, 0.25) is 0 Å². The van der Waals surface area contributed by atoms with Crippen molar-refractivity contribution in [3.8, 4) is 0 Å². The lowest BCUT2D eigenvalue weighted by Gasteiger charge is -2.07. The Labute approximate surface area is 110 Å². The molecule has 2 rings (SSSR count). The minimum Gasteiger partial charge on any atom is -0.378 e. The van der Waals surface area contributed by atoms with Gasteiger partial charge in [-0.3, -0.25) is 14.8 Å². The largest absolute Gasteiger partial charge is 0.378 e. The van der Waals surface area contributed by atoms with Crippen LogP contribution in [0, 0.1) is 17.0 Å². The average molecular weight is 264 g/mol. The number of aromatic nitrogens is 4. The predicted molar refractivity (Wildman–Crippen MR) is 69.7 cm³/mol. The molecule has 0 aliphatic carbocycles. The molecule has 2 aromatic heterocycles. The maximum Gasteiger partial charge on any atom is 0.333 e. The van der Waals surface area contributed by atoms with Gasteiger partial charge in [0.05, 0.1) is 17.2 Å². The van der Waals surface area contributed by atoms with Gasteiger partial charge in [0, 0.05) is 12.7 Å². The van der Waals surface area contributed by atoms with Crippen molar-refractivity contribution in [2.75, 3.05) is 5.73 Å². The van der Waals surface area contributed by atoms with E-state index >= 15 is 0 Å². The average Bonchev–Trinajstić information content (AvgIpc) is 2.86. The highest BCUT2D eigenvalue weighted by Crippen LogP contribution is 2.25. The summed E-state index contributed by atoms with van der Waals surface area (Å²) in [5.74, 6) is 0.0757. The van der Waals surface area contributed by atoms with Crippen molar-refractivity contribution < 1.29 is 4.92 Å². The normalized spacial score (nSPS) is 10.8. The Kier molecular flexibility index (Phi) is 3.50. The summed E-state index contributed by atoms with van der Waals surface area (Å²) in [4.78, 5) is 10.4. The van der Waals surface area contributed by atoms with Crippen LogP contribution in [0.25, 0.3) is 0 Å². The predicted octanol–water partition coefficient (Wildman–Crippen LogP) is 1.34. The number of anilines is 1. The van der Waals surface area contributed by atoms with Crippen LogP contribution < -0.4 is 5.73 Å². The minimum atomic E-state index is -0.502. The SMILES string of the molecule is CCCn1nccc1Cn1nc(C)c([N+](=O)[O-])c1N. The van der Waals surface area contributed by atoms with E-state index < -0.39 is 4.92 Å². The van der Waals surface area contributed by atoms with Crippen LogP contribution in [0.1, 0.15) is 24.7 Å². The first-order valence-electron chi connectivity index (χ1n) is 6.02. The van der Waals surface area contributed by atoms with Crippen LogP contribution in [0.4, 0.5) is 11.5 Å². The van der Waals surface area contributed by atoms with Crippen molar-refractivity contribution in [1.82, 2.24) is 19.6 Å². The molecule has 0 spiro atoms. The van der Waals surface area contributed by atoms with E-state index in [9.17, 15) is 10.1 Å². The molecule has 0 radical (unpaired) electrons. The summed E-state index contributed by atoms with van der Waals surface area (Å²) in [7, 11) is 0. The van der Waals surface area contributed by atoms with Crippen molar-refractivity contribution in [3.05, 3.63) is 33.8 Å². The van der Waals surface area contributed by atoms with Crippen LogP contribution in [0.5, 0.6) is 0 Å². The van der Waals surface area contributed by atoms with Gasteiger partial charge < -0.3 is 5.73 Å². The smallest absolute Gasteiger partial charge is 0.333 e. The second-order valence-corrected chi connectivity index (χ2v) is 4.28. The molecule has 0 saturated heterocycles. The summed E-state index contributed by atoms with van der Waals surface area (Å²) in [6.45, 7) is 4.81. The van der Waals surface area contributed by atoms with E-state index in [4.69, 9.17) is 5.73 Å². The Hall–Kier alpha value is -2.38. The highest BCUT2D eigenvalue weighted by Gasteiger charge is 2.23. The number of nitrogen functional groups attached to an aromatic ring is 1. The van der Waals surface area contributed by atoms with Gasteiger partial charge in [-0.05, 0) is 19.4 Å². The number of hydrogen-bond acceptors (Lipinski definition) is 5. The topological polar surface area (TPSA) is 105 Å². The summed E-state index contributed by atoms with van der Waals surface area (Å²) in [6, 6.07) is 1.86. The molecule has 0 amide bonds. The lowest BCUT2D eigenvalue weighted by molar-refractivity contribution is -0.384. The zero-order valence-corrected chi connectivity index (χ0v) is 10.9. The van der Waals surface area contributed by atoms with Crippen molar-refractivity contribution >= 4 is 11.5 Å². The van der Waals surface area contributed by atoms with Gasteiger partial charge in [-0.15, -0.1) is 0 Å². The van der Waals surface area contributed by atoms with Crippen molar-refractivity contribution in [1.29, 1.82) is 0 Å². The van der Waals surface area contributed by atoms with Gasteiger partial charge in [-0.1, -0.05) is 6.92 Å². The molecule has 0 fully saturated rings. The van der Waals surface area contributed by atoms with Crippen molar-refractivity contribution in [3.63, 3.8) is 0 Å². The third-order valence-electron chi connectivity index (χ3n) is 2.87. The lowest BCUT2D eigenvalue weighted by atomic mass is 10.4. The first kappa shape index (κ1) is 13.1. The Morgan fingerprint density at radius 3 is 2.79 bits per heavy atom. The standard InChI is InChI=1S/C11H16N6O2/c1-3-6-15-9(4-5-13-15)7-16-11(12)10(17(18)19)8(2)14-16/h4-5H,3,6-7,12H2,1-2H3. The zero-order chi connectivity index (χ0) is 14.0. The number of hydrogen-bond donors (Lipinski definition) is 1. The third-order valence-corrected chi connectivity index (χ3v) is 2.87. The maximum atomic E-state index is 10.9. The molecule has 0 atom stereocenters. The van der Waals surface area contributed by atoms with Crippen molar-refractivity contribution in [2.24, 2.45) is 0 Å². The van der Waals surface area contributed by atoms with Gasteiger partial charge >= 0.3 is 5.69 Å². The number of rotatable bonds is 5. The minimum absolute atomic E-state index is 0.0757. The molecule has 2 aromatic rings. The molecular formula is C11H16N6O2. The van der Waals surface area contributed by atoms with E-state index in [1.54, 1.807) is 13.1 Å². The van der Waals surface area contributed by atoms with Crippen LogP contribution in [0.3, 0.4) is 0 Å². The summed E-state index contributed by atoms with van der Waals surface area (Å²) in [5, 5.41) is 19.2. The summed E-state index contributed by atoms with van der Waals surface area (Å²) in [5.41, 5.74) is 6.90. The highest BCUT2D eigenvalue weighted by atomic mass is 16.6. The molecule has 2 heterocycles. The quantitative estimate of drug-likeness (QED) is 0.648. The fraction of sp³-hybridized carbons (Fsp3) is 0.455. The fourth-order valence-electron chi connectivity index (χ4n) is 2.00. The number of nitro groups is 1. The molecule has 0 unspecified atom stereocenters. The second-order valence-electron chi connectivity index (χ2n) is 4.28. The molecule has 0 aromatic carbocycles. The molecule has 0 aliphatic rings. The first-order chi connectivity index (χ1) is 9.04. The van der Waals surface area contributed by atoms with Crippen LogP contribution in [-0.2, 0) is 13.1 Å². The second kappa shape index (κ2) is 5.09. The Morgan fingerprint density at radius 2 is 2.21 bits per heavy atom. The molecule has 8 nitrogen and oxygen atoms in total. The molecule has 2 N–H and O–H groups in total. The number of nitrogens with two attached hydrogens (primary N) is 1. The lowest BCUT2D eigenvalue weighted by Crippen LogP contribution is -2.12. The highest BCUT2D eigenvalue weighted by molar-refractivity contribution is 5.56. The van der Waals surface area contributed by atoms with Gasteiger partial charge in [0.15, 0.2) is 0 Å². The molecule has 102 valence electrons. The van der Waals surface area contributed by atoms with E-state index in [1.165, 1.54) is 4.68 Å². The van der Waals surface area contributed by atoms with E-state index in [0.717, 1.165) is 18.7 Å². The molecule has 19 heavy (non-hydrogen) atoms. The van der Waals surface area contributed by atoms with E-state index in [2.05, 4.69) is 17.1 Å². The van der Waals surface area contributed by atoms with E-state index in [-0.39, 0.29) is 11.5 Å². The number of nitrogens with zero attached hydrogens (tertiary/aromatic N) is 5. The van der Waals surface area contributed by atoms with Crippen LogP contribution in [-0.4, -0.2) is 24.5 Å². The van der Waals surface area contributed by atoms with Gasteiger partial charge in [0.1, 0.15) is 5.69 Å². The Bertz CT molecular complexity index is 600. The maximum absolute atomic E-state index is 10.9. The third kappa shape index (κ3) is 2.42. The van der Waals surface area contributed by atoms with E-state index in [1.807, 2.05) is 10.7 Å². The Balaban J connectivity index is 2.31. The van der Waals surface area contributed by atoms with Gasteiger partial charge in [0.25, 0.3) is 0 Å².